The molecule has 0 saturated heterocycles. The summed E-state index contributed by atoms with van der Waals surface area (Å²) in [5, 5.41) is 12.5. The molecule has 2 rings (SSSR count). The quantitative estimate of drug-likeness (QED) is 0.464. The minimum Gasteiger partial charge on any atom is -0.418 e. The van der Waals surface area contributed by atoms with Crippen LogP contribution in [0.2, 0.25) is 0 Å². The summed E-state index contributed by atoms with van der Waals surface area (Å²) in [5.74, 6) is 0.315. The molecule has 5 heteroatoms. The highest BCUT2D eigenvalue weighted by Crippen LogP contribution is 2.36. The van der Waals surface area contributed by atoms with Crippen LogP contribution in [0.4, 0.5) is 5.69 Å². The van der Waals surface area contributed by atoms with Gasteiger partial charge < -0.3 is 4.18 Å². The Bertz CT molecular complexity index is 542. The third-order valence-electron chi connectivity index (χ3n) is 2.22. The Morgan fingerprint density at radius 3 is 2.69 bits per heavy atom. The zero-order chi connectivity index (χ0) is 11.5. The van der Waals surface area contributed by atoms with E-state index in [2.05, 4.69) is 0 Å². The van der Waals surface area contributed by atoms with Gasteiger partial charge in [-0.3, -0.25) is 10.1 Å². The van der Waals surface area contributed by atoms with Crippen LogP contribution in [0.3, 0.4) is 0 Å². The molecule has 16 heavy (non-hydrogen) atoms. The fourth-order valence-electron chi connectivity index (χ4n) is 1.55. The van der Waals surface area contributed by atoms with Crippen LogP contribution in [0.5, 0.6) is 5.75 Å². The summed E-state index contributed by atoms with van der Waals surface area (Å²) in [6.07, 6.45) is 1.73. The van der Waals surface area contributed by atoms with E-state index in [0.717, 1.165) is 22.8 Å². The molecule has 0 aromatic heterocycles. The first-order chi connectivity index (χ1) is 7.74. The van der Waals surface area contributed by atoms with Crippen LogP contribution in [-0.2, 0) is 0 Å². The summed E-state index contributed by atoms with van der Waals surface area (Å²) in [7, 11) is 0. The molecule has 2 aromatic rings. The van der Waals surface area contributed by atoms with Gasteiger partial charge in [-0.2, -0.15) is 0 Å². The van der Waals surface area contributed by atoms with Crippen LogP contribution in [-0.4, -0.2) is 11.2 Å². The first-order valence-electron chi connectivity index (χ1n) is 4.61. The summed E-state index contributed by atoms with van der Waals surface area (Å²) >= 11 is 1.10. The van der Waals surface area contributed by atoms with Gasteiger partial charge in [-0.1, -0.05) is 24.3 Å². The topological polar surface area (TPSA) is 52.4 Å². The fraction of sp³-hybridized carbons (Fsp3) is 0.0909. The van der Waals surface area contributed by atoms with E-state index in [1.165, 1.54) is 6.07 Å². The maximum Gasteiger partial charge on any atom is 0.313 e. The molecule has 0 saturated carbocycles. The third-order valence-corrected chi connectivity index (χ3v) is 2.56. The fourth-order valence-corrected chi connectivity index (χ4v) is 1.89. The van der Waals surface area contributed by atoms with Crippen molar-refractivity contribution in [2.45, 2.75) is 0 Å². The lowest BCUT2D eigenvalue weighted by molar-refractivity contribution is -0.385. The molecule has 0 N–H and O–H groups in total. The van der Waals surface area contributed by atoms with Gasteiger partial charge in [0, 0.05) is 17.7 Å². The molecular formula is C11H9NO3S. The highest BCUT2D eigenvalue weighted by atomic mass is 32.2. The van der Waals surface area contributed by atoms with Crippen molar-refractivity contribution in [3.05, 3.63) is 46.5 Å². The van der Waals surface area contributed by atoms with E-state index in [1.807, 2.05) is 24.3 Å². The van der Waals surface area contributed by atoms with Crippen LogP contribution in [0.15, 0.2) is 36.4 Å². The van der Waals surface area contributed by atoms with Gasteiger partial charge in [0.1, 0.15) is 0 Å². The van der Waals surface area contributed by atoms with Gasteiger partial charge in [0.05, 0.1) is 17.0 Å². The van der Waals surface area contributed by atoms with E-state index in [4.69, 9.17) is 4.18 Å². The highest BCUT2D eigenvalue weighted by molar-refractivity contribution is 7.94. The summed E-state index contributed by atoms with van der Waals surface area (Å²) in [6, 6.07) is 10.6. The molecule has 0 bridgehead atoms. The Kier molecular flexibility index (Phi) is 2.96. The third kappa shape index (κ3) is 1.81. The van der Waals surface area contributed by atoms with E-state index in [0.29, 0.717) is 5.75 Å². The van der Waals surface area contributed by atoms with Gasteiger partial charge in [0.2, 0.25) is 5.75 Å². The molecular weight excluding hydrogens is 226 g/mol. The predicted octanol–water partition coefficient (Wildman–Crippen LogP) is 3.40. The van der Waals surface area contributed by atoms with Gasteiger partial charge in [0.25, 0.3) is 0 Å². The average molecular weight is 235 g/mol. The van der Waals surface area contributed by atoms with Gasteiger partial charge >= 0.3 is 5.69 Å². The molecule has 0 aliphatic carbocycles. The molecule has 0 unspecified atom stereocenters. The van der Waals surface area contributed by atoms with E-state index in [-0.39, 0.29) is 5.69 Å². The lowest BCUT2D eigenvalue weighted by Gasteiger charge is -2.06. The van der Waals surface area contributed by atoms with Crippen molar-refractivity contribution in [2.75, 3.05) is 6.26 Å². The molecule has 0 radical (unpaired) electrons. The van der Waals surface area contributed by atoms with Crippen molar-refractivity contribution in [1.29, 1.82) is 0 Å². The second-order valence-electron chi connectivity index (χ2n) is 3.14. The van der Waals surface area contributed by atoms with Crippen LogP contribution in [0.1, 0.15) is 0 Å². The maximum absolute atomic E-state index is 10.9. The Morgan fingerprint density at radius 2 is 2.00 bits per heavy atom. The van der Waals surface area contributed by atoms with Crippen molar-refractivity contribution >= 4 is 28.5 Å². The van der Waals surface area contributed by atoms with E-state index in [1.54, 1.807) is 12.3 Å². The molecule has 0 heterocycles. The zero-order valence-corrected chi connectivity index (χ0v) is 9.36. The molecule has 0 atom stereocenters. The van der Waals surface area contributed by atoms with Crippen molar-refractivity contribution in [3.8, 4) is 5.75 Å². The minimum absolute atomic E-state index is 0.00644. The first-order valence-corrected chi connectivity index (χ1v) is 5.76. The second-order valence-corrected chi connectivity index (χ2v) is 3.64. The lowest BCUT2D eigenvalue weighted by Crippen LogP contribution is -1.93. The van der Waals surface area contributed by atoms with Gasteiger partial charge in [0.15, 0.2) is 0 Å². The number of nitrogens with zero attached hydrogens (tertiary/aromatic N) is 1. The molecule has 0 aliphatic heterocycles. The van der Waals surface area contributed by atoms with Crippen molar-refractivity contribution in [2.24, 2.45) is 0 Å². The Morgan fingerprint density at radius 1 is 1.25 bits per heavy atom. The summed E-state index contributed by atoms with van der Waals surface area (Å²) in [5.41, 5.74) is -0.00644. The Hall–Kier alpha value is -1.75. The van der Waals surface area contributed by atoms with Crippen LogP contribution < -0.4 is 4.18 Å². The molecule has 0 fully saturated rings. The van der Waals surface area contributed by atoms with Crippen molar-refractivity contribution in [1.82, 2.24) is 0 Å². The van der Waals surface area contributed by atoms with Crippen molar-refractivity contribution in [3.63, 3.8) is 0 Å². The summed E-state index contributed by atoms with van der Waals surface area (Å²) in [4.78, 5) is 10.4. The summed E-state index contributed by atoms with van der Waals surface area (Å²) in [6.45, 7) is 0. The number of fused-ring (bicyclic) bond motifs is 1. The number of nitro groups is 1. The van der Waals surface area contributed by atoms with E-state index in [9.17, 15) is 10.1 Å². The average Bonchev–Trinajstić information content (AvgIpc) is 2.29. The van der Waals surface area contributed by atoms with Gasteiger partial charge in [-0.25, -0.2) is 0 Å². The number of benzene rings is 2. The number of rotatable bonds is 3. The number of hydrogen-bond donors (Lipinski definition) is 0. The second kappa shape index (κ2) is 4.40. The first kappa shape index (κ1) is 10.8. The molecule has 4 nitrogen and oxygen atoms in total. The SMILES string of the molecule is CSOc1c([N+](=O)[O-])ccc2ccccc12. The monoisotopic (exact) mass is 235 g/mol. The van der Waals surface area contributed by atoms with E-state index < -0.39 is 4.92 Å². The highest BCUT2D eigenvalue weighted by Gasteiger charge is 2.18. The molecule has 0 aliphatic rings. The molecule has 2 aromatic carbocycles. The van der Waals surface area contributed by atoms with Crippen LogP contribution in [0, 0.1) is 10.1 Å². The van der Waals surface area contributed by atoms with Crippen LogP contribution in [0.25, 0.3) is 10.8 Å². The zero-order valence-electron chi connectivity index (χ0n) is 8.54. The lowest BCUT2D eigenvalue weighted by atomic mass is 10.1. The van der Waals surface area contributed by atoms with Crippen LogP contribution >= 0.6 is 12.0 Å². The molecule has 0 spiro atoms. The maximum atomic E-state index is 10.9. The van der Waals surface area contributed by atoms with Crippen molar-refractivity contribution < 1.29 is 9.11 Å². The molecule has 0 amide bonds. The smallest absolute Gasteiger partial charge is 0.313 e. The predicted molar refractivity (Wildman–Crippen MR) is 64.7 cm³/mol. The number of nitro benzene ring substituents is 1. The summed E-state index contributed by atoms with van der Waals surface area (Å²) < 4.78 is 5.29. The Balaban J connectivity index is 2.73. The Labute approximate surface area is 96.6 Å². The van der Waals surface area contributed by atoms with Gasteiger partial charge in [-0.15, -0.1) is 0 Å². The largest absolute Gasteiger partial charge is 0.418 e. The normalized spacial score (nSPS) is 10.3. The standard InChI is InChI=1S/C11H9NO3S/c1-16-15-11-9-5-3-2-4-8(9)6-7-10(11)12(13)14/h2-7H,1H3. The minimum atomic E-state index is -0.433. The molecule has 82 valence electrons. The van der Waals surface area contributed by atoms with E-state index >= 15 is 0 Å². The number of hydrogen-bond acceptors (Lipinski definition) is 4. The van der Waals surface area contributed by atoms with Gasteiger partial charge in [-0.05, 0) is 11.5 Å².